The summed E-state index contributed by atoms with van der Waals surface area (Å²) in [4.78, 5) is 4.22. The molecule has 2 aromatic carbocycles. The summed E-state index contributed by atoms with van der Waals surface area (Å²) in [6, 6.07) is 17.3. The van der Waals surface area contributed by atoms with Crippen molar-refractivity contribution in [3.63, 3.8) is 0 Å². The molecule has 0 saturated heterocycles. The van der Waals surface area contributed by atoms with Gasteiger partial charge in [-0.15, -0.1) is 0 Å². The van der Waals surface area contributed by atoms with Crippen LogP contribution in [0.5, 0.6) is 0 Å². The highest BCUT2D eigenvalue weighted by atomic mass is 15.1. The second-order valence-corrected chi connectivity index (χ2v) is 7.70. The molecule has 2 aromatic rings. The first-order valence-corrected chi connectivity index (χ1v) is 10.8. The number of nitrogens with zero attached hydrogens (tertiary/aromatic N) is 2. The molecular weight excluding hydrogens is 378 g/mol. The Kier molecular flexibility index (Phi) is 8.63. The Morgan fingerprint density at radius 2 is 1.06 bits per heavy atom. The molecule has 162 valence electrons. The minimum absolute atomic E-state index is 0.532. The summed E-state index contributed by atoms with van der Waals surface area (Å²) in [5, 5.41) is 7.72. The van der Waals surface area contributed by atoms with Crippen LogP contribution in [0.15, 0.2) is 90.1 Å². The van der Waals surface area contributed by atoms with E-state index in [1.165, 1.54) is 33.6 Å². The van der Waals surface area contributed by atoms with Crippen LogP contribution in [0.2, 0.25) is 0 Å². The van der Waals surface area contributed by atoms with Crippen LogP contribution in [0, 0.1) is 5.41 Å². The van der Waals surface area contributed by atoms with Crippen LogP contribution < -0.4 is 9.80 Å². The summed E-state index contributed by atoms with van der Waals surface area (Å²) < 4.78 is 0. The fourth-order valence-corrected chi connectivity index (χ4v) is 3.24. The van der Waals surface area contributed by atoms with Crippen LogP contribution >= 0.6 is 0 Å². The van der Waals surface area contributed by atoms with E-state index in [9.17, 15) is 0 Å². The average molecular weight is 414 g/mol. The Morgan fingerprint density at radius 1 is 0.677 bits per heavy atom. The van der Waals surface area contributed by atoms with Crippen molar-refractivity contribution < 1.29 is 0 Å². The number of hydrogen-bond donors (Lipinski definition) is 1. The second-order valence-electron chi connectivity index (χ2n) is 7.70. The maximum Gasteiger partial charge on any atom is 0.0540 e. The van der Waals surface area contributed by atoms with E-state index in [1.54, 1.807) is 0 Å². The maximum atomic E-state index is 7.72. The van der Waals surface area contributed by atoms with E-state index < -0.39 is 0 Å². The highest BCUT2D eigenvalue weighted by Crippen LogP contribution is 2.29. The molecule has 0 saturated carbocycles. The Morgan fingerprint density at radius 3 is 1.42 bits per heavy atom. The summed E-state index contributed by atoms with van der Waals surface area (Å²) in [7, 11) is 8.22. The lowest BCUT2D eigenvalue weighted by Gasteiger charge is -2.16. The first kappa shape index (κ1) is 23.9. The van der Waals surface area contributed by atoms with Crippen LogP contribution in [0.4, 0.5) is 11.4 Å². The predicted molar refractivity (Wildman–Crippen MR) is 139 cm³/mol. The Hall–Kier alpha value is -3.33. The first-order chi connectivity index (χ1) is 14.8. The molecule has 0 amide bonds. The van der Waals surface area contributed by atoms with E-state index in [0.29, 0.717) is 5.71 Å². The van der Waals surface area contributed by atoms with Gasteiger partial charge in [-0.25, -0.2) is 0 Å². The monoisotopic (exact) mass is 413 g/mol. The van der Waals surface area contributed by atoms with Crippen LogP contribution in [0.3, 0.4) is 0 Å². The maximum absolute atomic E-state index is 7.72. The molecular formula is C28H35N3. The van der Waals surface area contributed by atoms with Crippen molar-refractivity contribution in [3.8, 4) is 0 Å². The van der Waals surface area contributed by atoms with Crippen LogP contribution in [-0.4, -0.2) is 33.9 Å². The standard InChI is InChI=1S/C26H29N3.C2H6/c1-19(20-6-12-23(27)13-7-20)18-26(21-8-14-24(15-9-21)28(2)3)22-10-16-25(17-11-22)29(4)5;1-2/h6-18,27H,1-5H3;1-2H3. The van der Waals surface area contributed by atoms with E-state index in [2.05, 4.69) is 99.5 Å². The van der Waals surface area contributed by atoms with E-state index in [1.807, 2.05) is 38.2 Å². The van der Waals surface area contributed by atoms with Crippen molar-refractivity contribution >= 4 is 22.7 Å². The molecule has 3 nitrogen and oxygen atoms in total. The summed E-state index contributed by atoms with van der Waals surface area (Å²) >= 11 is 0. The summed E-state index contributed by atoms with van der Waals surface area (Å²) in [6.07, 6.45) is 9.94. The third-order valence-corrected chi connectivity index (χ3v) is 5.09. The van der Waals surface area contributed by atoms with Crippen molar-refractivity contribution in [1.82, 2.24) is 0 Å². The lowest BCUT2D eigenvalue weighted by atomic mass is 9.93. The number of nitrogens with one attached hydrogen (secondary N) is 1. The van der Waals surface area contributed by atoms with Gasteiger partial charge in [0, 0.05) is 39.6 Å². The average Bonchev–Trinajstić information content (AvgIpc) is 2.79. The largest absolute Gasteiger partial charge is 0.378 e. The molecule has 0 radical (unpaired) electrons. The van der Waals surface area contributed by atoms with Gasteiger partial charge in [-0.05, 0) is 71.2 Å². The summed E-state index contributed by atoms with van der Waals surface area (Å²) in [6.45, 7) is 6.13. The highest BCUT2D eigenvalue weighted by molar-refractivity contribution is 6.03. The molecule has 0 aliphatic heterocycles. The molecule has 0 aromatic heterocycles. The number of anilines is 2. The number of hydrogen-bond acceptors (Lipinski definition) is 3. The smallest absolute Gasteiger partial charge is 0.0540 e. The zero-order chi connectivity index (χ0) is 23.0. The number of rotatable bonds is 5. The Balaban J connectivity index is 0.00000166. The fourth-order valence-electron chi connectivity index (χ4n) is 3.24. The van der Waals surface area contributed by atoms with E-state index in [-0.39, 0.29) is 0 Å². The normalized spacial score (nSPS) is 12.1. The zero-order valence-corrected chi connectivity index (χ0v) is 19.9. The van der Waals surface area contributed by atoms with Crippen molar-refractivity contribution in [3.05, 3.63) is 101 Å². The second kappa shape index (κ2) is 11.2. The Bertz CT molecular complexity index is 928. The molecule has 3 heteroatoms. The molecule has 0 heterocycles. The van der Waals surface area contributed by atoms with Crippen LogP contribution in [-0.2, 0) is 0 Å². The van der Waals surface area contributed by atoms with Crippen molar-refractivity contribution in [2.45, 2.75) is 20.8 Å². The number of benzene rings is 2. The van der Waals surface area contributed by atoms with Gasteiger partial charge >= 0.3 is 0 Å². The first-order valence-electron chi connectivity index (χ1n) is 10.8. The third kappa shape index (κ3) is 6.32. The minimum Gasteiger partial charge on any atom is -0.378 e. The van der Waals surface area contributed by atoms with Gasteiger partial charge in [0.05, 0.1) is 5.71 Å². The molecule has 1 aliphatic rings. The third-order valence-electron chi connectivity index (χ3n) is 5.09. The Labute approximate surface area is 188 Å². The minimum atomic E-state index is 0.532. The van der Waals surface area contributed by atoms with Gasteiger partial charge in [-0.2, -0.15) is 0 Å². The zero-order valence-electron chi connectivity index (χ0n) is 19.9. The van der Waals surface area contributed by atoms with E-state index >= 15 is 0 Å². The lowest BCUT2D eigenvalue weighted by molar-refractivity contribution is 1.13. The highest BCUT2D eigenvalue weighted by Gasteiger charge is 2.09. The van der Waals surface area contributed by atoms with Gasteiger partial charge in [0.25, 0.3) is 0 Å². The fraction of sp³-hybridized carbons (Fsp3) is 0.250. The molecule has 3 rings (SSSR count). The molecule has 1 aliphatic carbocycles. The van der Waals surface area contributed by atoms with Crippen LogP contribution in [0.25, 0.3) is 5.57 Å². The topological polar surface area (TPSA) is 30.3 Å². The van der Waals surface area contributed by atoms with Gasteiger partial charge in [-0.1, -0.05) is 56.3 Å². The molecule has 31 heavy (non-hydrogen) atoms. The van der Waals surface area contributed by atoms with Gasteiger partial charge in [0.15, 0.2) is 0 Å². The van der Waals surface area contributed by atoms with E-state index in [0.717, 1.165) is 5.57 Å². The molecule has 1 N–H and O–H groups in total. The van der Waals surface area contributed by atoms with Gasteiger partial charge in [0.2, 0.25) is 0 Å². The molecule has 0 spiro atoms. The van der Waals surface area contributed by atoms with Crippen molar-refractivity contribution in [2.24, 2.45) is 0 Å². The number of allylic oxidation sites excluding steroid dienone is 7. The molecule has 0 unspecified atom stereocenters. The molecule has 0 atom stereocenters. The summed E-state index contributed by atoms with van der Waals surface area (Å²) in [5.41, 5.74) is 8.76. The quantitative estimate of drug-likeness (QED) is 0.588. The van der Waals surface area contributed by atoms with E-state index in [4.69, 9.17) is 5.41 Å². The SMILES string of the molecule is CC.CC(C=C(c1ccc(N(C)C)cc1)c1ccc(N(C)C)cc1)=C1C=CC(=N)C=C1. The summed E-state index contributed by atoms with van der Waals surface area (Å²) in [5.74, 6) is 0. The van der Waals surface area contributed by atoms with Crippen molar-refractivity contribution in [2.75, 3.05) is 38.0 Å². The van der Waals surface area contributed by atoms with Gasteiger partial charge in [-0.3, -0.25) is 0 Å². The molecule has 0 bridgehead atoms. The molecule has 0 fully saturated rings. The van der Waals surface area contributed by atoms with Crippen molar-refractivity contribution in [1.29, 1.82) is 5.41 Å². The predicted octanol–water partition coefficient (Wildman–Crippen LogP) is 6.74. The van der Waals surface area contributed by atoms with Crippen LogP contribution in [0.1, 0.15) is 31.9 Å². The van der Waals surface area contributed by atoms with Gasteiger partial charge in [0.1, 0.15) is 0 Å². The lowest BCUT2D eigenvalue weighted by Crippen LogP contribution is -2.08. The van der Waals surface area contributed by atoms with Gasteiger partial charge < -0.3 is 15.2 Å².